The van der Waals surface area contributed by atoms with Crippen molar-refractivity contribution in [2.45, 2.75) is 6.42 Å². The van der Waals surface area contributed by atoms with Gasteiger partial charge in [-0.3, -0.25) is 4.79 Å². The number of aromatic amines is 1. The van der Waals surface area contributed by atoms with Crippen LogP contribution in [0.15, 0.2) is 51.1 Å². The number of nitrogens with zero attached hydrogens (tertiary/aromatic N) is 1. The molecule has 0 radical (unpaired) electrons. The fraction of sp³-hybridized carbons (Fsp3) is 0.200. The Bertz CT molecular complexity index is 1610. The van der Waals surface area contributed by atoms with E-state index in [4.69, 9.17) is 18.6 Å². The average Bonchev–Trinajstić information content (AvgIpc) is 3.59. The van der Waals surface area contributed by atoms with Crippen LogP contribution in [0.5, 0.6) is 17.2 Å². The lowest BCUT2D eigenvalue weighted by molar-refractivity contribution is 0.174. The molecule has 6 rings (SSSR count). The van der Waals surface area contributed by atoms with E-state index in [0.29, 0.717) is 64.0 Å². The zero-order chi connectivity index (χ0) is 23.9. The van der Waals surface area contributed by atoms with Crippen LogP contribution in [-0.2, 0) is 11.2 Å². The number of benzene rings is 2. The summed E-state index contributed by atoms with van der Waals surface area (Å²) in [5.74, 6) is 1.24. The van der Waals surface area contributed by atoms with Gasteiger partial charge in [-0.1, -0.05) is 6.07 Å². The van der Waals surface area contributed by atoms with Crippen LogP contribution in [0.4, 0.5) is 5.69 Å². The fourth-order valence-electron chi connectivity index (χ4n) is 4.29. The summed E-state index contributed by atoms with van der Waals surface area (Å²) in [5.41, 5.74) is 3.29. The highest BCUT2D eigenvalue weighted by atomic mass is 32.1. The minimum Gasteiger partial charge on any atom is -0.507 e. The van der Waals surface area contributed by atoms with Crippen molar-refractivity contribution in [3.05, 3.63) is 63.4 Å². The summed E-state index contributed by atoms with van der Waals surface area (Å²) in [5, 5.41) is 16.9. The smallest absolute Gasteiger partial charge is 0.231 e. The van der Waals surface area contributed by atoms with Gasteiger partial charge >= 0.3 is 0 Å². The minimum absolute atomic E-state index is 0.126. The molecule has 35 heavy (non-hydrogen) atoms. The molecule has 178 valence electrons. The van der Waals surface area contributed by atoms with E-state index >= 15 is 0 Å². The summed E-state index contributed by atoms with van der Waals surface area (Å²) in [4.78, 5) is 21.4. The largest absolute Gasteiger partial charge is 0.507 e. The first kappa shape index (κ1) is 21.5. The zero-order valence-corrected chi connectivity index (χ0v) is 19.5. The van der Waals surface area contributed by atoms with Crippen molar-refractivity contribution in [2.75, 3.05) is 32.4 Å². The summed E-state index contributed by atoms with van der Waals surface area (Å²) in [6, 6.07) is 8.97. The first-order valence-corrected chi connectivity index (χ1v) is 11.9. The first-order valence-electron chi connectivity index (χ1n) is 11.0. The van der Waals surface area contributed by atoms with Gasteiger partial charge in [-0.05, 0) is 17.7 Å². The number of fused-ring (bicyclic) bond motifs is 3. The Labute approximate surface area is 202 Å². The first-order chi connectivity index (χ1) is 17.1. The minimum atomic E-state index is -0.319. The van der Waals surface area contributed by atoms with Crippen LogP contribution < -0.4 is 20.2 Å². The molecule has 3 N–H and O–H groups in total. The third-order valence-corrected chi connectivity index (χ3v) is 6.66. The van der Waals surface area contributed by atoms with E-state index in [1.54, 1.807) is 19.4 Å². The molecule has 0 fully saturated rings. The number of hydrogen-bond donors (Lipinski definition) is 3. The van der Waals surface area contributed by atoms with Crippen molar-refractivity contribution in [1.82, 2.24) is 9.97 Å². The van der Waals surface area contributed by atoms with Crippen molar-refractivity contribution in [3.63, 3.8) is 0 Å². The van der Waals surface area contributed by atoms with Crippen LogP contribution in [0.2, 0.25) is 0 Å². The molecule has 9 nitrogen and oxygen atoms in total. The Morgan fingerprint density at radius 2 is 2.09 bits per heavy atom. The molecule has 3 aromatic heterocycles. The SMILES string of the molecule is COCCNc1cc(O)c2c(=O)c3c(-c4nccs4)[nH]c(Cc4ccc5c(c4)OCO5)c3oc2c1. The van der Waals surface area contributed by atoms with Crippen molar-refractivity contribution < 1.29 is 23.7 Å². The summed E-state index contributed by atoms with van der Waals surface area (Å²) < 4.78 is 22.3. The van der Waals surface area contributed by atoms with Gasteiger partial charge in [0.15, 0.2) is 17.1 Å². The molecule has 2 aromatic carbocycles. The molecule has 0 saturated carbocycles. The Balaban J connectivity index is 1.53. The lowest BCUT2D eigenvalue weighted by atomic mass is 10.1. The summed E-state index contributed by atoms with van der Waals surface area (Å²) >= 11 is 1.41. The van der Waals surface area contributed by atoms with Gasteiger partial charge in [0, 0.05) is 49.5 Å². The molecule has 0 bridgehead atoms. The molecular weight excluding hydrogens is 470 g/mol. The Hall–Kier alpha value is -4.02. The van der Waals surface area contributed by atoms with E-state index in [-0.39, 0.29) is 23.4 Å². The highest BCUT2D eigenvalue weighted by molar-refractivity contribution is 7.13. The number of nitrogens with one attached hydrogen (secondary N) is 2. The molecule has 0 atom stereocenters. The predicted octanol–water partition coefficient (Wildman–Crippen LogP) is 4.48. The quantitative estimate of drug-likeness (QED) is 0.285. The highest BCUT2D eigenvalue weighted by Gasteiger charge is 2.23. The van der Waals surface area contributed by atoms with Crippen molar-refractivity contribution in [3.8, 4) is 28.0 Å². The second-order valence-electron chi connectivity index (χ2n) is 8.10. The number of aromatic hydroxyl groups is 1. The molecule has 0 spiro atoms. The van der Waals surface area contributed by atoms with Gasteiger partial charge in [-0.2, -0.15) is 0 Å². The molecule has 0 unspecified atom stereocenters. The molecule has 0 saturated heterocycles. The Kier molecular flexibility index (Phi) is 5.31. The second-order valence-corrected chi connectivity index (χ2v) is 9.00. The van der Waals surface area contributed by atoms with Crippen molar-refractivity contribution >= 4 is 39.0 Å². The van der Waals surface area contributed by atoms with Gasteiger partial charge in [0.25, 0.3) is 0 Å². The standard InChI is InChI=1S/C25H21N3O6S/c1-31-6-4-26-14-10-16(29)20-19(11-14)34-24-15(8-13-2-3-17-18(9-13)33-12-32-17)28-22(21(24)23(20)30)25-27-5-7-35-25/h2-3,5,7,9-11,26,28-29H,4,6,8,12H2,1H3. The van der Waals surface area contributed by atoms with E-state index in [0.717, 1.165) is 11.3 Å². The number of anilines is 1. The summed E-state index contributed by atoms with van der Waals surface area (Å²) in [7, 11) is 1.61. The predicted molar refractivity (Wildman–Crippen MR) is 133 cm³/mol. The number of H-pyrrole nitrogens is 1. The van der Waals surface area contributed by atoms with Gasteiger partial charge < -0.3 is 34.0 Å². The average molecular weight is 492 g/mol. The third-order valence-electron chi connectivity index (χ3n) is 5.87. The second kappa shape index (κ2) is 8.64. The highest BCUT2D eigenvalue weighted by Crippen LogP contribution is 2.37. The topological polar surface area (TPSA) is 119 Å². The van der Waals surface area contributed by atoms with Crippen LogP contribution in [0, 0.1) is 0 Å². The third kappa shape index (κ3) is 3.76. The summed E-state index contributed by atoms with van der Waals surface area (Å²) in [6.45, 7) is 1.24. The Morgan fingerprint density at radius 3 is 2.91 bits per heavy atom. The number of thiazole rings is 1. The van der Waals surface area contributed by atoms with Gasteiger partial charge in [0.2, 0.25) is 12.2 Å². The van der Waals surface area contributed by atoms with Crippen LogP contribution in [-0.4, -0.2) is 42.1 Å². The van der Waals surface area contributed by atoms with E-state index in [1.807, 2.05) is 23.6 Å². The van der Waals surface area contributed by atoms with Gasteiger partial charge in [-0.15, -0.1) is 11.3 Å². The molecule has 1 aliphatic rings. The van der Waals surface area contributed by atoms with E-state index in [2.05, 4.69) is 15.3 Å². The van der Waals surface area contributed by atoms with E-state index in [1.165, 1.54) is 17.4 Å². The molecule has 5 aromatic rings. The maximum Gasteiger partial charge on any atom is 0.231 e. The monoisotopic (exact) mass is 491 g/mol. The number of methoxy groups -OCH3 is 1. The van der Waals surface area contributed by atoms with Gasteiger partial charge in [-0.25, -0.2) is 4.98 Å². The maximum atomic E-state index is 13.7. The lowest BCUT2D eigenvalue weighted by Gasteiger charge is -2.09. The molecular formula is C25H21N3O6S. The fourth-order valence-corrected chi connectivity index (χ4v) is 4.94. The number of aromatic nitrogens is 2. The van der Waals surface area contributed by atoms with Crippen LogP contribution in [0.1, 0.15) is 11.3 Å². The molecule has 1 aliphatic heterocycles. The van der Waals surface area contributed by atoms with Crippen LogP contribution in [0.3, 0.4) is 0 Å². The molecule has 4 heterocycles. The normalized spacial score (nSPS) is 12.6. The maximum absolute atomic E-state index is 13.7. The zero-order valence-electron chi connectivity index (χ0n) is 18.7. The van der Waals surface area contributed by atoms with Crippen LogP contribution in [0.25, 0.3) is 32.6 Å². The number of ether oxygens (including phenoxy) is 3. The van der Waals surface area contributed by atoms with E-state index in [9.17, 15) is 9.90 Å². The molecule has 0 aliphatic carbocycles. The molecule has 10 heteroatoms. The van der Waals surface area contributed by atoms with Crippen LogP contribution >= 0.6 is 11.3 Å². The van der Waals surface area contributed by atoms with Gasteiger partial charge in [0.1, 0.15) is 21.7 Å². The number of rotatable bonds is 7. The number of phenols is 1. The van der Waals surface area contributed by atoms with Crippen molar-refractivity contribution in [2.24, 2.45) is 0 Å². The number of phenolic OH excluding ortho intramolecular Hbond substituents is 1. The number of hydrogen-bond acceptors (Lipinski definition) is 9. The molecule has 0 amide bonds. The van der Waals surface area contributed by atoms with Crippen molar-refractivity contribution in [1.29, 1.82) is 0 Å². The van der Waals surface area contributed by atoms with Gasteiger partial charge in [0.05, 0.1) is 23.4 Å². The summed E-state index contributed by atoms with van der Waals surface area (Å²) in [6.07, 6.45) is 2.15. The lowest BCUT2D eigenvalue weighted by Crippen LogP contribution is -2.08. The Morgan fingerprint density at radius 1 is 1.20 bits per heavy atom. The van der Waals surface area contributed by atoms with E-state index < -0.39 is 0 Å².